The molecule has 1 saturated heterocycles. The summed E-state index contributed by atoms with van der Waals surface area (Å²) in [5, 5.41) is 9.28. The van der Waals surface area contributed by atoms with Gasteiger partial charge < -0.3 is 25.4 Å². The zero-order valence-corrected chi connectivity index (χ0v) is 15.5. The molecule has 0 aliphatic carbocycles. The van der Waals surface area contributed by atoms with Crippen molar-refractivity contribution in [3.63, 3.8) is 0 Å². The summed E-state index contributed by atoms with van der Waals surface area (Å²) in [7, 11) is -4.74. The quantitative estimate of drug-likeness (QED) is 0.300. The van der Waals surface area contributed by atoms with Gasteiger partial charge in [-0.2, -0.15) is 4.98 Å². The molecule has 24 heavy (non-hydrogen) atoms. The zero-order chi connectivity index (χ0) is 16.8. The van der Waals surface area contributed by atoms with Gasteiger partial charge in [0.2, 0.25) is 5.95 Å². The third-order valence-corrected chi connectivity index (χ3v) is 3.94. The first-order valence-corrected chi connectivity index (χ1v) is 8.04. The number of nitrogens with one attached hydrogen (secondary N) is 1. The fourth-order valence-corrected chi connectivity index (χ4v) is 3.05. The van der Waals surface area contributed by atoms with E-state index >= 15 is 0 Å². The monoisotopic (exact) mass is 370 g/mol. The molecule has 0 bridgehead atoms. The Bertz CT molecular complexity index is 835. The van der Waals surface area contributed by atoms with Crippen LogP contribution >= 0.6 is 7.82 Å². The molecule has 1 aliphatic heterocycles. The number of hydrogen-bond donors (Lipinski definition) is 5. The number of rotatable bonds is 4. The van der Waals surface area contributed by atoms with Gasteiger partial charge in [0.15, 0.2) is 11.2 Å². The van der Waals surface area contributed by atoms with E-state index in [4.69, 9.17) is 20.3 Å². The minimum Gasteiger partial charge on any atom is -0.394 e. The Morgan fingerprint density at radius 3 is 2.88 bits per heavy atom. The summed E-state index contributed by atoms with van der Waals surface area (Å²) < 4.78 is 22.5. The Morgan fingerprint density at radius 1 is 1.54 bits per heavy atom. The van der Waals surface area contributed by atoms with Gasteiger partial charge in [-0.3, -0.25) is 18.9 Å². The molecule has 0 amide bonds. The summed E-state index contributed by atoms with van der Waals surface area (Å²) in [6, 6.07) is 0. The second-order valence-electron chi connectivity index (χ2n) is 4.96. The van der Waals surface area contributed by atoms with Crippen molar-refractivity contribution < 1.29 is 28.7 Å². The number of fused-ring (bicyclic) bond motifs is 1. The molecule has 6 N–H and O–H groups in total. The van der Waals surface area contributed by atoms with Crippen LogP contribution in [0.5, 0.6) is 0 Å². The first-order valence-electron chi connectivity index (χ1n) is 6.51. The number of anilines is 1. The summed E-state index contributed by atoms with van der Waals surface area (Å²) in [4.78, 5) is 39.8. The molecule has 2 aromatic heterocycles. The minimum atomic E-state index is -4.74. The van der Waals surface area contributed by atoms with Crippen molar-refractivity contribution in [2.24, 2.45) is 0 Å². The largest absolute Gasteiger partial charge is 0.469 e. The Hall–Kier alpha value is -0.820. The third-order valence-electron chi connectivity index (χ3n) is 3.39. The Kier molecular flexibility index (Phi) is 5.85. The van der Waals surface area contributed by atoms with Gasteiger partial charge in [-0.25, -0.2) is 9.55 Å². The zero-order valence-electron chi connectivity index (χ0n) is 12.6. The number of H-pyrrole nitrogens is 1. The van der Waals surface area contributed by atoms with Crippen LogP contribution in [0.1, 0.15) is 12.6 Å². The minimum absolute atomic E-state index is 0. The molecule has 14 heteroatoms. The van der Waals surface area contributed by atoms with Crippen LogP contribution in [0.15, 0.2) is 11.1 Å². The number of ether oxygens (including phenoxy) is 1. The summed E-state index contributed by atoms with van der Waals surface area (Å²) in [6.45, 7) is -0.496. The summed E-state index contributed by atoms with van der Waals surface area (Å²) in [5.41, 5.74) is 5.18. The molecule has 0 saturated carbocycles. The summed E-state index contributed by atoms with van der Waals surface area (Å²) in [5.74, 6) is -0.107. The van der Waals surface area contributed by atoms with E-state index in [1.165, 1.54) is 10.9 Å². The van der Waals surface area contributed by atoms with Crippen LogP contribution < -0.4 is 11.3 Å². The van der Waals surface area contributed by atoms with Crippen molar-refractivity contribution in [2.45, 2.75) is 24.9 Å². The molecule has 12 nitrogen and oxygen atoms in total. The van der Waals surface area contributed by atoms with Gasteiger partial charge in [-0.15, -0.1) is 0 Å². The first-order chi connectivity index (χ1) is 10.8. The molecule has 1 fully saturated rings. The number of phosphoric ester groups is 1. The van der Waals surface area contributed by atoms with Crippen LogP contribution in [0.25, 0.3) is 11.2 Å². The molecular formula is C10H14N5NaO7P. The molecule has 0 spiro atoms. The van der Waals surface area contributed by atoms with E-state index in [-0.39, 0.29) is 53.1 Å². The molecule has 3 unspecified atom stereocenters. The first kappa shape index (κ1) is 19.5. The molecule has 0 aromatic carbocycles. The van der Waals surface area contributed by atoms with E-state index in [0.29, 0.717) is 0 Å². The van der Waals surface area contributed by atoms with Crippen LogP contribution in [0.2, 0.25) is 0 Å². The van der Waals surface area contributed by atoms with E-state index in [1.54, 1.807) is 0 Å². The summed E-state index contributed by atoms with van der Waals surface area (Å²) >= 11 is 0. The van der Waals surface area contributed by atoms with Crippen molar-refractivity contribution in [2.75, 3.05) is 12.3 Å². The topological polar surface area (TPSA) is 186 Å². The third kappa shape index (κ3) is 3.87. The molecule has 2 aromatic rings. The van der Waals surface area contributed by atoms with Gasteiger partial charge in [-0.1, -0.05) is 0 Å². The fraction of sp³-hybridized carbons (Fsp3) is 0.500. The van der Waals surface area contributed by atoms with Crippen LogP contribution in [0.4, 0.5) is 5.95 Å². The Morgan fingerprint density at radius 2 is 2.25 bits per heavy atom. The van der Waals surface area contributed by atoms with Gasteiger partial charge in [-0.05, 0) is 0 Å². The van der Waals surface area contributed by atoms with Gasteiger partial charge >= 0.3 is 7.82 Å². The van der Waals surface area contributed by atoms with E-state index in [0.717, 1.165) is 0 Å². The van der Waals surface area contributed by atoms with Crippen LogP contribution in [-0.2, 0) is 13.8 Å². The number of aromatic amines is 1. The maximum absolute atomic E-state index is 11.7. The van der Waals surface area contributed by atoms with Gasteiger partial charge in [0.05, 0.1) is 12.9 Å². The number of nitrogens with two attached hydrogens (primary N) is 1. The predicted octanol–water partition coefficient (Wildman–Crippen LogP) is -1.92. The van der Waals surface area contributed by atoms with E-state index in [9.17, 15) is 14.5 Å². The van der Waals surface area contributed by atoms with Crippen molar-refractivity contribution in [3.8, 4) is 0 Å². The molecule has 3 atom stereocenters. The van der Waals surface area contributed by atoms with Crippen molar-refractivity contribution in [1.29, 1.82) is 0 Å². The second-order valence-corrected chi connectivity index (χ2v) is 6.15. The Labute approximate surface area is 156 Å². The Balaban J connectivity index is 0.00000208. The van der Waals surface area contributed by atoms with Gasteiger partial charge in [0.1, 0.15) is 18.4 Å². The maximum Gasteiger partial charge on any atom is 0.469 e. The normalized spacial score (nSPS) is 24.2. The van der Waals surface area contributed by atoms with Crippen molar-refractivity contribution >= 4 is 54.5 Å². The molecular weight excluding hydrogens is 356 g/mol. The van der Waals surface area contributed by atoms with Crippen molar-refractivity contribution in [3.05, 3.63) is 16.7 Å². The number of aliphatic hydroxyl groups is 1. The van der Waals surface area contributed by atoms with E-state index in [2.05, 4.69) is 19.5 Å². The molecule has 1 radical (unpaired) electrons. The van der Waals surface area contributed by atoms with E-state index in [1.807, 2.05) is 0 Å². The number of aromatic nitrogens is 4. The van der Waals surface area contributed by atoms with E-state index < -0.39 is 38.4 Å². The molecule has 127 valence electrons. The average Bonchev–Trinajstić information content (AvgIpc) is 3.00. The average molecular weight is 370 g/mol. The number of aliphatic hydroxyl groups excluding tert-OH is 1. The predicted molar refractivity (Wildman–Crippen MR) is 80.8 cm³/mol. The standard InChI is InChI=1S/C10H14N5O7P.Na/c11-10-13-8-7(9(17)14-10)12-3-15(8)6-1-4(5(2-16)21-6)22-23(18,19)20;/h3-6,16H,1-2H2,(H2,18,19,20)(H3,11,13,14,17);. The molecule has 3 heterocycles. The van der Waals surface area contributed by atoms with Crippen LogP contribution in [-0.4, -0.2) is 82.8 Å². The van der Waals surface area contributed by atoms with Gasteiger partial charge in [0.25, 0.3) is 5.56 Å². The molecule has 3 rings (SSSR count). The smallest absolute Gasteiger partial charge is 0.394 e. The second kappa shape index (κ2) is 7.20. The number of phosphoric acid groups is 1. The SMILES string of the molecule is Nc1nc2c(ncn2C2CC(OP(=O)(O)O)C(CO)O2)c(=O)[nH]1.[Na]. The number of imidazole rings is 1. The van der Waals surface area contributed by atoms with Crippen LogP contribution in [0, 0.1) is 0 Å². The van der Waals surface area contributed by atoms with Crippen LogP contribution in [0.3, 0.4) is 0 Å². The van der Waals surface area contributed by atoms with Crippen molar-refractivity contribution in [1.82, 2.24) is 19.5 Å². The number of nitrogens with zero attached hydrogens (tertiary/aromatic N) is 3. The fourth-order valence-electron chi connectivity index (χ4n) is 2.48. The summed E-state index contributed by atoms with van der Waals surface area (Å²) in [6.07, 6.45) is -1.42. The number of hydrogen-bond acceptors (Lipinski definition) is 8. The van der Waals surface area contributed by atoms with Gasteiger partial charge in [0, 0.05) is 36.0 Å². The maximum atomic E-state index is 11.7. The number of nitrogen functional groups attached to an aromatic ring is 1. The molecule has 1 aliphatic rings.